The fraction of sp³-hybridized carbons (Fsp3) is 0.364. The Morgan fingerprint density at radius 3 is 2.75 bits per heavy atom. The maximum absolute atomic E-state index is 10.9. The number of benzene rings is 1. The highest BCUT2D eigenvalue weighted by atomic mass is 16.5. The Kier molecular flexibility index (Phi) is 4.89. The van der Waals surface area contributed by atoms with Crippen LogP contribution in [0.3, 0.4) is 0 Å². The van der Waals surface area contributed by atoms with E-state index in [1.807, 2.05) is 30.3 Å². The van der Waals surface area contributed by atoms with Crippen molar-refractivity contribution in [3.63, 3.8) is 0 Å². The van der Waals surface area contributed by atoms with Gasteiger partial charge in [-0.05, 0) is 11.1 Å². The van der Waals surface area contributed by atoms with Gasteiger partial charge < -0.3 is 4.74 Å². The maximum Gasteiger partial charge on any atom is 0.302 e. The van der Waals surface area contributed by atoms with Crippen molar-refractivity contribution in [3.05, 3.63) is 46.3 Å². The molecule has 0 aromatic heterocycles. The second-order valence-electron chi connectivity index (χ2n) is 3.33. The van der Waals surface area contributed by atoms with Gasteiger partial charge in [0.15, 0.2) is 0 Å². The van der Waals surface area contributed by atoms with Crippen LogP contribution in [0.2, 0.25) is 0 Å². The Hall–Kier alpha value is -2.00. The van der Waals surface area contributed by atoms with E-state index >= 15 is 0 Å². The molecule has 0 heterocycles. The number of ether oxygens (including phenoxy) is 1. The van der Waals surface area contributed by atoms with Gasteiger partial charge in [0.25, 0.3) is 0 Å². The van der Waals surface area contributed by atoms with Crippen molar-refractivity contribution in [3.8, 4) is 0 Å². The lowest BCUT2D eigenvalue weighted by molar-refractivity contribution is -0.145. The van der Waals surface area contributed by atoms with E-state index in [2.05, 4.69) is 10.0 Å². The van der Waals surface area contributed by atoms with Crippen LogP contribution < -0.4 is 0 Å². The summed E-state index contributed by atoms with van der Waals surface area (Å²) in [4.78, 5) is 13.5. The van der Waals surface area contributed by atoms with Crippen molar-refractivity contribution in [2.24, 2.45) is 5.11 Å². The SMILES string of the molecule is CC(=O)O[C@@H](CN=[N+]=[N-])Cc1ccccc1. The van der Waals surface area contributed by atoms with Crippen molar-refractivity contribution >= 4 is 5.97 Å². The first-order chi connectivity index (χ1) is 7.72. The minimum absolute atomic E-state index is 0.158. The Morgan fingerprint density at radius 2 is 2.19 bits per heavy atom. The minimum Gasteiger partial charge on any atom is -0.462 e. The van der Waals surface area contributed by atoms with Crippen LogP contribution in [-0.4, -0.2) is 18.6 Å². The van der Waals surface area contributed by atoms with Gasteiger partial charge in [0.2, 0.25) is 0 Å². The topological polar surface area (TPSA) is 75.1 Å². The number of carbonyl (C=O) groups excluding carboxylic acids is 1. The Morgan fingerprint density at radius 1 is 1.50 bits per heavy atom. The van der Waals surface area contributed by atoms with Gasteiger partial charge in [0, 0.05) is 18.3 Å². The van der Waals surface area contributed by atoms with E-state index in [-0.39, 0.29) is 12.5 Å². The molecule has 16 heavy (non-hydrogen) atoms. The van der Waals surface area contributed by atoms with Gasteiger partial charge in [-0.3, -0.25) is 4.79 Å². The highest BCUT2D eigenvalue weighted by Crippen LogP contribution is 2.07. The Bertz CT molecular complexity index is 381. The van der Waals surface area contributed by atoms with Crippen molar-refractivity contribution < 1.29 is 9.53 Å². The van der Waals surface area contributed by atoms with E-state index in [1.165, 1.54) is 6.92 Å². The van der Waals surface area contributed by atoms with Crippen molar-refractivity contribution in [1.29, 1.82) is 0 Å². The number of azide groups is 1. The largest absolute Gasteiger partial charge is 0.462 e. The van der Waals surface area contributed by atoms with Crippen LogP contribution in [0.25, 0.3) is 10.4 Å². The molecule has 84 valence electrons. The van der Waals surface area contributed by atoms with Crippen LogP contribution >= 0.6 is 0 Å². The zero-order valence-electron chi connectivity index (χ0n) is 9.04. The molecule has 1 rings (SSSR count). The lowest BCUT2D eigenvalue weighted by atomic mass is 10.1. The van der Waals surface area contributed by atoms with Gasteiger partial charge in [-0.25, -0.2) is 0 Å². The molecule has 0 radical (unpaired) electrons. The molecule has 5 nitrogen and oxygen atoms in total. The summed E-state index contributed by atoms with van der Waals surface area (Å²) in [7, 11) is 0. The van der Waals surface area contributed by atoms with E-state index in [1.54, 1.807) is 0 Å². The van der Waals surface area contributed by atoms with Gasteiger partial charge in [-0.2, -0.15) is 0 Å². The molecule has 0 aliphatic carbocycles. The van der Waals surface area contributed by atoms with E-state index in [0.717, 1.165) is 5.56 Å². The zero-order valence-corrected chi connectivity index (χ0v) is 9.04. The van der Waals surface area contributed by atoms with Gasteiger partial charge in [-0.15, -0.1) is 0 Å². The predicted octanol–water partition coefficient (Wildman–Crippen LogP) is 2.47. The fourth-order valence-electron chi connectivity index (χ4n) is 1.38. The molecule has 0 saturated heterocycles. The summed E-state index contributed by atoms with van der Waals surface area (Å²) >= 11 is 0. The van der Waals surface area contributed by atoms with Crippen molar-refractivity contribution in [2.75, 3.05) is 6.54 Å². The van der Waals surface area contributed by atoms with Crippen molar-refractivity contribution in [2.45, 2.75) is 19.4 Å². The quantitative estimate of drug-likeness (QED) is 0.330. The molecule has 0 aliphatic heterocycles. The average molecular weight is 219 g/mol. The molecule has 0 aliphatic rings. The number of hydrogen-bond donors (Lipinski definition) is 0. The summed E-state index contributed by atoms with van der Waals surface area (Å²) in [6.45, 7) is 1.50. The molecule has 1 aromatic rings. The van der Waals surface area contributed by atoms with Crippen LogP contribution in [0, 0.1) is 0 Å². The van der Waals surface area contributed by atoms with Crippen molar-refractivity contribution in [1.82, 2.24) is 0 Å². The normalized spacial score (nSPS) is 11.3. The van der Waals surface area contributed by atoms with E-state index in [9.17, 15) is 4.79 Å². The van der Waals surface area contributed by atoms with E-state index < -0.39 is 6.10 Å². The molecule has 0 spiro atoms. The molecule has 0 unspecified atom stereocenters. The monoisotopic (exact) mass is 219 g/mol. The summed E-state index contributed by atoms with van der Waals surface area (Å²) in [6.07, 6.45) is 0.162. The van der Waals surface area contributed by atoms with Gasteiger partial charge in [0.1, 0.15) is 6.10 Å². The lowest BCUT2D eigenvalue weighted by Gasteiger charge is -2.14. The van der Waals surface area contributed by atoms with Gasteiger partial charge in [0.05, 0.1) is 6.54 Å². The number of hydrogen-bond acceptors (Lipinski definition) is 3. The molecule has 0 saturated carbocycles. The molecular formula is C11H13N3O2. The van der Waals surface area contributed by atoms with Crippen LogP contribution in [-0.2, 0) is 16.0 Å². The highest BCUT2D eigenvalue weighted by Gasteiger charge is 2.11. The van der Waals surface area contributed by atoms with Crippen LogP contribution in [0.4, 0.5) is 0 Å². The van der Waals surface area contributed by atoms with E-state index in [4.69, 9.17) is 10.3 Å². The number of nitrogens with zero attached hydrogens (tertiary/aromatic N) is 3. The molecule has 5 heteroatoms. The summed E-state index contributed by atoms with van der Waals surface area (Å²) < 4.78 is 5.05. The first-order valence-electron chi connectivity index (χ1n) is 4.94. The van der Waals surface area contributed by atoms with E-state index in [0.29, 0.717) is 6.42 Å². The summed E-state index contributed by atoms with van der Waals surface area (Å²) in [6, 6.07) is 9.61. The molecule has 0 amide bonds. The lowest BCUT2D eigenvalue weighted by Crippen LogP contribution is -2.22. The zero-order chi connectivity index (χ0) is 11.8. The molecule has 1 atom stereocenters. The number of esters is 1. The molecule has 0 bridgehead atoms. The molecule has 1 aromatic carbocycles. The fourth-order valence-corrected chi connectivity index (χ4v) is 1.38. The second kappa shape index (κ2) is 6.48. The van der Waals surface area contributed by atoms with Crippen LogP contribution in [0.15, 0.2) is 35.4 Å². The minimum atomic E-state index is -0.393. The average Bonchev–Trinajstić information content (AvgIpc) is 2.26. The first-order valence-corrected chi connectivity index (χ1v) is 4.94. The first kappa shape index (κ1) is 12.1. The number of rotatable bonds is 5. The molecule has 0 N–H and O–H groups in total. The highest BCUT2D eigenvalue weighted by molar-refractivity contribution is 5.66. The smallest absolute Gasteiger partial charge is 0.302 e. The Balaban J connectivity index is 2.62. The predicted molar refractivity (Wildman–Crippen MR) is 59.7 cm³/mol. The summed E-state index contributed by atoms with van der Waals surface area (Å²) in [5.74, 6) is -0.367. The Labute approximate surface area is 93.7 Å². The summed E-state index contributed by atoms with van der Waals surface area (Å²) in [5.41, 5.74) is 9.28. The third-order valence-corrected chi connectivity index (χ3v) is 1.99. The number of carbonyl (C=O) groups is 1. The molecule has 0 fully saturated rings. The third kappa shape index (κ3) is 4.48. The third-order valence-electron chi connectivity index (χ3n) is 1.99. The molecular weight excluding hydrogens is 206 g/mol. The van der Waals surface area contributed by atoms with Crippen LogP contribution in [0.5, 0.6) is 0 Å². The standard InChI is InChI=1S/C11H13N3O2/c1-9(15)16-11(8-13-14-12)7-10-5-3-2-4-6-10/h2-6,11H,7-8H2,1H3/t11-/m1/s1. The van der Waals surface area contributed by atoms with Crippen LogP contribution in [0.1, 0.15) is 12.5 Å². The van der Waals surface area contributed by atoms with Gasteiger partial charge >= 0.3 is 5.97 Å². The second-order valence-corrected chi connectivity index (χ2v) is 3.33. The van der Waals surface area contributed by atoms with Gasteiger partial charge in [-0.1, -0.05) is 35.4 Å². The maximum atomic E-state index is 10.9. The summed E-state index contributed by atoms with van der Waals surface area (Å²) in [5, 5.41) is 3.42.